The third-order valence-electron chi connectivity index (χ3n) is 4.34. The normalized spacial score (nSPS) is 11.9. The van der Waals surface area contributed by atoms with Crippen molar-refractivity contribution in [2.75, 3.05) is 6.61 Å². The van der Waals surface area contributed by atoms with Gasteiger partial charge in [-0.2, -0.15) is 0 Å². The van der Waals surface area contributed by atoms with Crippen LogP contribution in [0.2, 0.25) is 0 Å². The van der Waals surface area contributed by atoms with Crippen molar-refractivity contribution in [3.05, 3.63) is 66.5 Å². The minimum Gasteiger partial charge on any atom is -0.493 e. The van der Waals surface area contributed by atoms with Gasteiger partial charge >= 0.3 is 0 Å². The van der Waals surface area contributed by atoms with E-state index in [-0.39, 0.29) is 4.90 Å². The smallest absolute Gasteiger partial charge is 0.270 e. The van der Waals surface area contributed by atoms with Crippen molar-refractivity contribution in [1.29, 1.82) is 0 Å². The van der Waals surface area contributed by atoms with Crippen LogP contribution >= 0.6 is 0 Å². The number of hydrogen-bond donors (Lipinski definition) is 0. The number of hydrogen-bond acceptors (Lipinski definition) is 4. The van der Waals surface area contributed by atoms with Crippen molar-refractivity contribution in [1.82, 2.24) is 8.96 Å². The molecule has 3 aromatic carbocycles. The summed E-state index contributed by atoms with van der Waals surface area (Å²) in [6.45, 7) is 4.12. The highest BCUT2D eigenvalue weighted by Crippen LogP contribution is 2.33. The number of benzene rings is 3. The Morgan fingerprint density at radius 2 is 1.65 bits per heavy atom. The molecule has 0 atom stereocenters. The van der Waals surface area contributed by atoms with E-state index in [9.17, 15) is 8.42 Å². The van der Waals surface area contributed by atoms with Crippen LogP contribution in [0, 0.1) is 6.92 Å². The molecule has 1 aromatic heterocycles. The molecular formula is C20H18N2O3S. The molecule has 0 bridgehead atoms. The van der Waals surface area contributed by atoms with Crippen LogP contribution in [0.4, 0.5) is 0 Å². The Balaban J connectivity index is 2.03. The van der Waals surface area contributed by atoms with Gasteiger partial charge < -0.3 is 4.74 Å². The summed E-state index contributed by atoms with van der Waals surface area (Å²) in [6.07, 6.45) is 0. The van der Waals surface area contributed by atoms with Crippen LogP contribution in [0.15, 0.2) is 65.6 Å². The van der Waals surface area contributed by atoms with Gasteiger partial charge in [0.15, 0.2) is 0 Å². The van der Waals surface area contributed by atoms with E-state index in [4.69, 9.17) is 4.74 Å². The van der Waals surface area contributed by atoms with Crippen LogP contribution in [0.5, 0.6) is 5.75 Å². The van der Waals surface area contributed by atoms with Crippen LogP contribution < -0.4 is 4.74 Å². The standard InChI is InChI=1S/C20H18N2O3S/c1-3-25-19-12-13-20(16-9-5-4-8-15(16)19)26(23,24)22-14(2)21-17-10-6-7-11-18(17)22/h4-13H,3H2,1-2H3. The molecule has 4 rings (SSSR count). The van der Waals surface area contributed by atoms with Gasteiger partial charge in [-0.3, -0.25) is 0 Å². The highest BCUT2D eigenvalue weighted by Gasteiger charge is 2.25. The number of fused-ring (bicyclic) bond motifs is 2. The van der Waals surface area contributed by atoms with Gasteiger partial charge in [-0.1, -0.05) is 36.4 Å². The lowest BCUT2D eigenvalue weighted by Crippen LogP contribution is -2.15. The van der Waals surface area contributed by atoms with Gasteiger partial charge in [-0.25, -0.2) is 17.4 Å². The average Bonchev–Trinajstić information content (AvgIpc) is 2.98. The van der Waals surface area contributed by atoms with E-state index in [2.05, 4.69) is 4.98 Å². The summed E-state index contributed by atoms with van der Waals surface area (Å²) in [5, 5.41) is 1.41. The first-order chi connectivity index (χ1) is 12.5. The molecule has 1 heterocycles. The molecule has 0 aliphatic rings. The second-order valence-electron chi connectivity index (χ2n) is 5.96. The van der Waals surface area contributed by atoms with Crippen molar-refractivity contribution in [2.24, 2.45) is 0 Å². The number of ether oxygens (including phenoxy) is 1. The van der Waals surface area contributed by atoms with E-state index < -0.39 is 10.0 Å². The minimum absolute atomic E-state index is 0.239. The van der Waals surface area contributed by atoms with Crippen LogP contribution in [0.1, 0.15) is 12.7 Å². The minimum atomic E-state index is -3.81. The molecule has 0 radical (unpaired) electrons. The maximum atomic E-state index is 13.5. The Morgan fingerprint density at radius 3 is 2.42 bits per heavy atom. The van der Waals surface area contributed by atoms with Crippen molar-refractivity contribution >= 4 is 31.8 Å². The third-order valence-corrected chi connectivity index (χ3v) is 6.19. The monoisotopic (exact) mass is 366 g/mol. The third kappa shape index (κ3) is 2.45. The van der Waals surface area contributed by atoms with E-state index in [0.717, 1.165) is 5.39 Å². The number of imidazole rings is 1. The van der Waals surface area contributed by atoms with Gasteiger partial charge in [0.05, 0.1) is 22.5 Å². The Kier molecular flexibility index (Phi) is 3.92. The summed E-state index contributed by atoms with van der Waals surface area (Å²) in [6, 6.07) is 17.9. The summed E-state index contributed by atoms with van der Waals surface area (Å²) >= 11 is 0. The molecule has 26 heavy (non-hydrogen) atoms. The van der Waals surface area contributed by atoms with E-state index in [1.807, 2.05) is 43.3 Å². The Hall–Kier alpha value is -2.86. The van der Waals surface area contributed by atoms with E-state index in [0.29, 0.717) is 34.6 Å². The molecule has 0 amide bonds. The largest absolute Gasteiger partial charge is 0.493 e. The molecule has 132 valence electrons. The second-order valence-corrected chi connectivity index (χ2v) is 7.71. The summed E-state index contributed by atoms with van der Waals surface area (Å²) < 4.78 is 34.0. The summed E-state index contributed by atoms with van der Waals surface area (Å²) in [5.41, 5.74) is 1.23. The molecule has 0 saturated carbocycles. The van der Waals surface area contributed by atoms with Gasteiger partial charge in [0, 0.05) is 10.8 Å². The Bertz CT molecular complexity index is 1230. The fourth-order valence-corrected chi connectivity index (χ4v) is 4.97. The van der Waals surface area contributed by atoms with E-state index in [1.54, 1.807) is 31.2 Å². The number of para-hydroxylation sites is 2. The van der Waals surface area contributed by atoms with Gasteiger partial charge in [0.2, 0.25) is 0 Å². The molecule has 0 spiro atoms. The quantitative estimate of drug-likeness (QED) is 0.545. The summed E-state index contributed by atoms with van der Waals surface area (Å²) in [5.74, 6) is 1.11. The predicted octanol–water partition coefficient (Wildman–Crippen LogP) is 4.13. The topological polar surface area (TPSA) is 61.2 Å². The van der Waals surface area contributed by atoms with Gasteiger partial charge in [-0.15, -0.1) is 0 Å². The van der Waals surface area contributed by atoms with Gasteiger partial charge in [0.1, 0.15) is 11.6 Å². The van der Waals surface area contributed by atoms with E-state index in [1.165, 1.54) is 3.97 Å². The lowest BCUT2D eigenvalue weighted by atomic mass is 10.1. The Labute approximate surface area is 151 Å². The lowest BCUT2D eigenvalue weighted by molar-refractivity contribution is 0.344. The van der Waals surface area contributed by atoms with Crippen LogP contribution in [-0.4, -0.2) is 24.0 Å². The zero-order valence-corrected chi connectivity index (χ0v) is 15.3. The molecule has 4 aromatic rings. The van der Waals surface area contributed by atoms with Crippen LogP contribution in [0.25, 0.3) is 21.8 Å². The van der Waals surface area contributed by atoms with Crippen molar-refractivity contribution < 1.29 is 13.2 Å². The molecular weight excluding hydrogens is 348 g/mol. The average molecular weight is 366 g/mol. The lowest BCUT2D eigenvalue weighted by Gasteiger charge is -2.14. The molecule has 0 N–H and O–H groups in total. The zero-order valence-electron chi connectivity index (χ0n) is 14.5. The highest BCUT2D eigenvalue weighted by atomic mass is 32.2. The van der Waals surface area contributed by atoms with Crippen LogP contribution in [0.3, 0.4) is 0 Å². The summed E-state index contributed by atoms with van der Waals surface area (Å²) in [7, 11) is -3.81. The number of aryl methyl sites for hydroxylation is 1. The number of rotatable bonds is 4. The first-order valence-corrected chi connectivity index (χ1v) is 9.82. The summed E-state index contributed by atoms with van der Waals surface area (Å²) in [4.78, 5) is 4.63. The fraction of sp³-hybridized carbons (Fsp3) is 0.150. The van der Waals surface area contributed by atoms with Crippen molar-refractivity contribution in [2.45, 2.75) is 18.7 Å². The first kappa shape index (κ1) is 16.6. The predicted molar refractivity (Wildman–Crippen MR) is 102 cm³/mol. The van der Waals surface area contributed by atoms with Crippen molar-refractivity contribution in [3.63, 3.8) is 0 Å². The fourth-order valence-electron chi connectivity index (χ4n) is 3.28. The second kappa shape index (κ2) is 6.14. The molecule has 0 unspecified atom stereocenters. The number of nitrogens with zero attached hydrogens (tertiary/aromatic N) is 2. The van der Waals surface area contributed by atoms with Gasteiger partial charge in [-0.05, 0) is 38.1 Å². The highest BCUT2D eigenvalue weighted by molar-refractivity contribution is 7.90. The molecule has 0 aliphatic carbocycles. The molecule has 6 heteroatoms. The van der Waals surface area contributed by atoms with Crippen LogP contribution in [-0.2, 0) is 10.0 Å². The molecule has 0 saturated heterocycles. The molecule has 0 aliphatic heterocycles. The first-order valence-electron chi connectivity index (χ1n) is 8.38. The number of aromatic nitrogens is 2. The van der Waals surface area contributed by atoms with Gasteiger partial charge in [0.25, 0.3) is 10.0 Å². The SMILES string of the molecule is CCOc1ccc(S(=O)(=O)n2c(C)nc3ccccc32)c2ccccc12. The molecule has 5 nitrogen and oxygen atoms in total. The maximum Gasteiger partial charge on any atom is 0.270 e. The molecule has 0 fully saturated rings. The van der Waals surface area contributed by atoms with E-state index >= 15 is 0 Å². The maximum absolute atomic E-state index is 13.5. The zero-order chi connectivity index (χ0) is 18.3. The Morgan fingerprint density at radius 1 is 0.962 bits per heavy atom. The van der Waals surface area contributed by atoms with Crippen molar-refractivity contribution in [3.8, 4) is 5.75 Å².